The van der Waals surface area contributed by atoms with Crippen LogP contribution in [0.5, 0.6) is 5.75 Å². The molecular weight excluding hydrogens is 514 g/mol. The van der Waals surface area contributed by atoms with Crippen LogP contribution in [0.2, 0.25) is 0 Å². The summed E-state index contributed by atoms with van der Waals surface area (Å²) >= 11 is 5.95. The van der Waals surface area contributed by atoms with Crippen molar-refractivity contribution in [1.29, 1.82) is 0 Å². The molecule has 1 aromatic carbocycles. The van der Waals surface area contributed by atoms with E-state index in [1.165, 1.54) is 116 Å². The van der Waals surface area contributed by atoms with E-state index in [2.05, 4.69) is 10.2 Å². The van der Waals surface area contributed by atoms with E-state index in [1.807, 2.05) is 31.1 Å². The third-order valence-corrected chi connectivity index (χ3v) is 10.1. The van der Waals surface area contributed by atoms with Crippen LogP contribution < -0.4 is 10.2 Å². The van der Waals surface area contributed by atoms with Gasteiger partial charge in [-0.05, 0) is 67.9 Å². The number of carbonyl (C=O) groups excluding carboxylic acids is 1. The van der Waals surface area contributed by atoms with Crippen molar-refractivity contribution in [3.63, 3.8) is 0 Å². The number of aromatic hydroxyl groups is 1. The number of nitrogens with zero attached hydrogens (tertiary/aromatic N) is 2. The van der Waals surface area contributed by atoms with E-state index in [1.54, 1.807) is 12.1 Å². The highest BCUT2D eigenvalue weighted by molar-refractivity contribution is 7.80. The van der Waals surface area contributed by atoms with Crippen molar-refractivity contribution in [2.45, 2.75) is 128 Å². The largest absolute Gasteiger partial charge is 0.507 e. The third kappa shape index (κ3) is 8.71. The first-order chi connectivity index (χ1) is 19.5. The normalized spacial score (nSPS) is 26.0. The Morgan fingerprint density at radius 2 is 1.40 bits per heavy atom. The number of phenolic OH excluding ortho intramolecular Hbond substituents is 1. The molecule has 222 valence electrons. The maximum Gasteiger partial charge on any atom is 0.174 e. The van der Waals surface area contributed by atoms with Crippen molar-refractivity contribution in [3.8, 4) is 5.75 Å². The van der Waals surface area contributed by atoms with Crippen molar-refractivity contribution in [3.05, 3.63) is 29.5 Å². The number of rotatable bonds is 5. The summed E-state index contributed by atoms with van der Waals surface area (Å²) < 4.78 is 0. The fraction of sp³-hybridized carbons (Fsp3) is 0.706. The summed E-state index contributed by atoms with van der Waals surface area (Å²) in [6, 6.07) is 6.43. The molecule has 40 heavy (non-hydrogen) atoms. The number of anilines is 1. The molecule has 2 bridgehead atoms. The molecule has 0 amide bonds. The molecule has 2 aliphatic heterocycles. The van der Waals surface area contributed by atoms with Crippen molar-refractivity contribution in [2.24, 2.45) is 11.8 Å². The Kier molecular flexibility index (Phi) is 12.2. The molecule has 0 spiro atoms. The van der Waals surface area contributed by atoms with Crippen molar-refractivity contribution in [2.75, 3.05) is 19.0 Å². The number of hydrogen-bond acceptors (Lipinski definition) is 4. The number of nitrogens with one attached hydrogen (secondary N) is 1. The van der Waals surface area contributed by atoms with E-state index in [0.29, 0.717) is 28.5 Å². The summed E-state index contributed by atoms with van der Waals surface area (Å²) in [7, 11) is 3.87. The van der Waals surface area contributed by atoms with Crippen LogP contribution in [0.3, 0.4) is 0 Å². The van der Waals surface area contributed by atoms with Crippen molar-refractivity contribution in [1.82, 2.24) is 10.2 Å². The predicted octanol–water partition coefficient (Wildman–Crippen LogP) is 8.21. The monoisotopic (exact) mass is 567 g/mol. The Morgan fingerprint density at radius 1 is 0.850 bits per heavy atom. The lowest BCUT2D eigenvalue weighted by atomic mass is 9.77. The van der Waals surface area contributed by atoms with Gasteiger partial charge in [-0.3, -0.25) is 4.79 Å². The van der Waals surface area contributed by atoms with Crippen LogP contribution in [0.1, 0.15) is 121 Å². The highest BCUT2D eigenvalue weighted by Crippen LogP contribution is 2.39. The van der Waals surface area contributed by atoms with Gasteiger partial charge < -0.3 is 20.2 Å². The molecule has 1 aromatic rings. The molecular formula is C34H53N3O2S. The van der Waals surface area contributed by atoms with Crippen LogP contribution in [-0.2, 0) is 4.79 Å². The summed E-state index contributed by atoms with van der Waals surface area (Å²) in [5, 5.41) is 14.5. The summed E-state index contributed by atoms with van der Waals surface area (Å²) in [6.45, 7) is 0. The minimum absolute atomic E-state index is 0.152. The summed E-state index contributed by atoms with van der Waals surface area (Å²) in [5.74, 6) is 1.90. The van der Waals surface area contributed by atoms with Crippen LogP contribution in [0.25, 0.3) is 6.08 Å². The molecule has 0 aromatic heterocycles. The SMILES string of the molecule is CN(C)c1ccc(/C=C(\C=O)NC(=S)N2C3CCCCCCCC(C4CCCCCCCC4)CCC2C3)c(O)c1. The van der Waals surface area contributed by atoms with Crippen molar-refractivity contribution < 1.29 is 9.90 Å². The molecule has 2 saturated heterocycles. The summed E-state index contributed by atoms with van der Waals surface area (Å²) in [6.07, 6.45) is 26.9. The zero-order chi connectivity index (χ0) is 28.3. The van der Waals surface area contributed by atoms with Gasteiger partial charge in [0.05, 0.1) is 5.70 Å². The third-order valence-electron chi connectivity index (χ3n) is 9.83. The molecule has 2 saturated carbocycles. The first-order valence-corrected chi connectivity index (χ1v) is 16.6. The quantitative estimate of drug-likeness (QED) is 0.212. The topological polar surface area (TPSA) is 55.8 Å². The molecule has 4 aliphatic rings. The lowest BCUT2D eigenvalue weighted by molar-refractivity contribution is -0.105. The Bertz CT molecular complexity index is 983. The zero-order valence-corrected chi connectivity index (χ0v) is 25.9. The van der Waals surface area contributed by atoms with Gasteiger partial charge in [-0.2, -0.15) is 0 Å². The number of fused-ring (bicyclic) bond motifs is 9. The van der Waals surface area contributed by atoms with E-state index >= 15 is 0 Å². The Balaban J connectivity index is 1.44. The molecule has 0 radical (unpaired) electrons. The first-order valence-electron chi connectivity index (χ1n) is 16.2. The molecule has 2 heterocycles. The number of allylic oxidation sites excluding steroid dienone is 1. The molecule has 6 heteroatoms. The maximum atomic E-state index is 12.0. The van der Waals surface area contributed by atoms with Gasteiger partial charge in [0.15, 0.2) is 11.4 Å². The van der Waals surface area contributed by atoms with E-state index in [0.717, 1.165) is 23.8 Å². The number of benzene rings is 1. The number of aldehydes is 1. The minimum atomic E-state index is 0.152. The van der Waals surface area contributed by atoms with E-state index in [-0.39, 0.29) is 5.75 Å². The molecule has 5 nitrogen and oxygen atoms in total. The second-order valence-electron chi connectivity index (χ2n) is 12.9. The van der Waals surface area contributed by atoms with Gasteiger partial charge in [0, 0.05) is 43.5 Å². The van der Waals surface area contributed by atoms with Gasteiger partial charge in [0.1, 0.15) is 5.75 Å². The maximum absolute atomic E-state index is 12.0. The Labute approximate surface area is 248 Å². The molecule has 5 rings (SSSR count). The molecule has 3 atom stereocenters. The smallest absolute Gasteiger partial charge is 0.174 e. The van der Waals surface area contributed by atoms with E-state index in [4.69, 9.17) is 12.2 Å². The van der Waals surface area contributed by atoms with Crippen LogP contribution in [0, 0.1) is 11.8 Å². The second-order valence-corrected chi connectivity index (χ2v) is 13.3. The van der Waals surface area contributed by atoms with Gasteiger partial charge in [0.2, 0.25) is 0 Å². The van der Waals surface area contributed by atoms with Crippen LogP contribution in [0.15, 0.2) is 23.9 Å². The number of phenols is 1. The predicted molar refractivity (Wildman–Crippen MR) is 172 cm³/mol. The fourth-order valence-corrected chi connectivity index (χ4v) is 7.83. The molecule has 3 unspecified atom stereocenters. The Morgan fingerprint density at radius 3 is 1.98 bits per heavy atom. The van der Waals surface area contributed by atoms with Gasteiger partial charge in [0.25, 0.3) is 0 Å². The molecule has 4 fully saturated rings. The minimum Gasteiger partial charge on any atom is -0.507 e. The standard InChI is InChI=1S/C34H53N3O2S/c1-36(2)30-20-19-28(33(39)24-30)22-29(25-38)35-34(40)37-31-17-13-9-5-8-12-16-27(18-21-32(37)23-31)26-14-10-6-3-4-7-11-15-26/h19-20,22,24-27,31-32,39H,3-18,21,23H2,1-2H3,(H,35,40)/b29-22+. The highest BCUT2D eigenvalue weighted by atomic mass is 32.1. The van der Waals surface area contributed by atoms with Crippen LogP contribution >= 0.6 is 12.2 Å². The summed E-state index contributed by atoms with van der Waals surface area (Å²) in [4.78, 5) is 16.4. The van der Waals surface area contributed by atoms with Gasteiger partial charge in [-0.1, -0.05) is 89.9 Å². The van der Waals surface area contributed by atoms with Crippen LogP contribution in [0.4, 0.5) is 5.69 Å². The fourth-order valence-electron chi connectivity index (χ4n) is 7.41. The van der Waals surface area contributed by atoms with Gasteiger partial charge in [-0.25, -0.2) is 0 Å². The number of carbonyl (C=O) groups is 1. The number of hydrogen-bond donors (Lipinski definition) is 2. The van der Waals surface area contributed by atoms with E-state index < -0.39 is 0 Å². The molecule has 2 N–H and O–H groups in total. The average Bonchev–Trinajstić information content (AvgIpc) is 3.08. The van der Waals surface area contributed by atoms with Crippen molar-refractivity contribution >= 4 is 35.4 Å². The summed E-state index contributed by atoms with van der Waals surface area (Å²) in [5.41, 5.74) is 1.91. The lowest BCUT2D eigenvalue weighted by Gasteiger charge is -2.51. The van der Waals surface area contributed by atoms with E-state index in [9.17, 15) is 9.90 Å². The van der Waals surface area contributed by atoms with Gasteiger partial charge in [-0.15, -0.1) is 0 Å². The highest BCUT2D eigenvalue weighted by Gasteiger charge is 2.40. The first kappa shape index (κ1) is 30.9. The number of thiocarbonyl (C=S) groups is 1. The Hall–Kier alpha value is -2.08. The van der Waals surface area contributed by atoms with Gasteiger partial charge >= 0.3 is 0 Å². The molecule has 2 aliphatic carbocycles. The lowest BCUT2D eigenvalue weighted by Crippen LogP contribution is -2.61. The zero-order valence-electron chi connectivity index (χ0n) is 25.1. The van der Waals surface area contributed by atoms with Crippen LogP contribution in [-0.4, -0.2) is 47.6 Å². The average molecular weight is 568 g/mol. The second kappa shape index (κ2) is 15.8.